The zero-order valence-corrected chi connectivity index (χ0v) is 16.6. The van der Waals surface area contributed by atoms with Crippen LogP contribution in [0.2, 0.25) is 0 Å². The average molecular weight is 405 g/mol. The third-order valence-corrected chi connectivity index (χ3v) is 4.15. The van der Waals surface area contributed by atoms with Gasteiger partial charge < -0.3 is 19.5 Å². The SMILES string of the molecule is C[C@H](OC(=O)COc1ccccc1)C(=O)Nc1ccc(OCc2ccccc2)cc1. The van der Waals surface area contributed by atoms with Crippen LogP contribution >= 0.6 is 0 Å². The predicted octanol–water partition coefficient (Wildman–Crippen LogP) is 4.21. The Balaban J connectivity index is 1.42. The number of benzene rings is 3. The molecule has 0 spiro atoms. The molecule has 1 atom stereocenters. The number of hydrogen-bond acceptors (Lipinski definition) is 5. The minimum Gasteiger partial charge on any atom is -0.489 e. The number of rotatable bonds is 9. The van der Waals surface area contributed by atoms with Crippen LogP contribution in [-0.2, 0) is 20.9 Å². The summed E-state index contributed by atoms with van der Waals surface area (Å²) in [4.78, 5) is 24.1. The van der Waals surface area contributed by atoms with Crippen molar-refractivity contribution in [1.29, 1.82) is 0 Å². The lowest BCUT2D eigenvalue weighted by atomic mass is 10.2. The molecule has 0 aliphatic rings. The van der Waals surface area contributed by atoms with Crippen molar-refractivity contribution in [1.82, 2.24) is 0 Å². The standard InChI is InChI=1S/C24H23NO5/c1-18(30-23(26)17-29-21-10-6-3-7-11-21)24(27)25-20-12-14-22(15-13-20)28-16-19-8-4-2-5-9-19/h2-15,18H,16-17H2,1H3,(H,25,27)/t18-/m0/s1. The third kappa shape index (κ3) is 6.67. The first kappa shape index (κ1) is 20.9. The van der Waals surface area contributed by atoms with Crippen molar-refractivity contribution in [2.24, 2.45) is 0 Å². The summed E-state index contributed by atoms with van der Waals surface area (Å²) < 4.78 is 16.2. The van der Waals surface area contributed by atoms with E-state index >= 15 is 0 Å². The maximum absolute atomic E-state index is 12.3. The fourth-order valence-electron chi connectivity index (χ4n) is 2.56. The number of ether oxygens (including phenoxy) is 3. The topological polar surface area (TPSA) is 73.9 Å². The van der Waals surface area contributed by atoms with Crippen LogP contribution in [0.15, 0.2) is 84.9 Å². The fraction of sp³-hybridized carbons (Fsp3) is 0.167. The van der Waals surface area contributed by atoms with Crippen molar-refractivity contribution >= 4 is 17.6 Å². The molecule has 30 heavy (non-hydrogen) atoms. The summed E-state index contributed by atoms with van der Waals surface area (Å²) in [6.45, 7) is 1.70. The number of para-hydroxylation sites is 1. The predicted molar refractivity (Wildman–Crippen MR) is 113 cm³/mol. The average Bonchev–Trinajstić information content (AvgIpc) is 2.78. The van der Waals surface area contributed by atoms with Gasteiger partial charge in [0.25, 0.3) is 5.91 Å². The summed E-state index contributed by atoms with van der Waals surface area (Å²) in [5.41, 5.74) is 1.65. The Bertz CT molecular complexity index is 942. The summed E-state index contributed by atoms with van der Waals surface area (Å²) >= 11 is 0. The second-order valence-corrected chi connectivity index (χ2v) is 6.52. The van der Waals surface area contributed by atoms with Crippen molar-refractivity contribution < 1.29 is 23.8 Å². The molecule has 0 fully saturated rings. The van der Waals surface area contributed by atoms with Crippen molar-refractivity contribution in [2.75, 3.05) is 11.9 Å². The van der Waals surface area contributed by atoms with Gasteiger partial charge in [-0.15, -0.1) is 0 Å². The van der Waals surface area contributed by atoms with E-state index in [0.717, 1.165) is 5.56 Å². The summed E-state index contributed by atoms with van der Waals surface area (Å²) in [6.07, 6.45) is -0.953. The second kappa shape index (κ2) is 10.7. The van der Waals surface area contributed by atoms with Crippen LogP contribution < -0.4 is 14.8 Å². The Morgan fingerprint density at radius 3 is 2.07 bits per heavy atom. The van der Waals surface area contributed by atoms with Crippen molar-refractivity contribution in [2.45, 2.75) is 19.6 Å². The second-order valence-electron chi connectivity index (χ2n) is 6.52. The smallest absolute Gasteiger partial charge is 0.344 e. The van der Waals surface area contributed by atoms with Gasteiger partial charge in [-0.1, -0.05) is 48.5 Å². The van der Waals surface area contributed by atoms with Crippen molar-refractivity contribution in [3.05, 3.63) is 90.5 Å². The van der Waals surface area contributed by atoms with E-state index in [0.29, 0.717) is 23.8 Å². The van der Waals surface area contributed by atoms with E-state index in [4.69, 9.17) is 14.2 Å². The van der Waals surface area contributed by atoms with E-state index in [1.807, 2.05) is 36.4 Å². The molecular formula is C24H23NO5. The first-order chi connectivity index (χ1) is 14.6. The van der Waals surface area contributed by atoms with E-state index in [1.54, 1.807) is 48.5 Å². The lowest BCUT2D eigenvalue weighted by Gasteiger charge is -2.14. The van der Waals surface area contributed by atoms with Crippen LogP contribution in [0, 0.1) is 0 Å². The van der Waals surface area contributed by atoms with Crippen molar-refractivity contribution in [3.63, 3.8) is 0 Å². The Kier molecular flexibility index (Phi) is 7.44. The number of carbonyl (C=O) groups excluding carboxylic acids is 2. The van der Waals surface area contributed by atoms with Gasteiger partial charge in [0, 0.05) is 5.69 Å². The number of esters is 1. The lowest BCUT2D eigenvalue weighted by molar-refractivity contribution is -0.155. The molecule has 6 heteroatoms. The Morgan fingerprint density at radius 1 is 0.800 bits per heavy atom. The molecule has 0 saturated carbocycles. The van der Waals surface area contributed by atoms with Crippen LogP contribution in [0.3, 0.4) is 0 Å². The molecule has 0 heterocycles. The Morgan fingerprint density at radius 2 is 1.40 bits per heavy atom. The number of anilines is 1. The van der Waals surface area contributed by atoms with E-state index in [9.17, 15) is 9.59 Å². The highest BCUT2D eigenvalue weighted by molar-refractivity contribution is 5.95. The molecule has 3 rings (SSSR count). The van der Waals surface area contributed by atoms with Gasteiger partial charge in [-0.3, -0.25) is 4.79 Å². The minimum absolute atomic E-state index is 0.269. The molecule has 1 N–H and O–H groups in total. The summed E-state index contributed by atoms with van der Waals surface area (Å²) in [5.74, 6) is 0.197. The molecule has 154 valence electrons. The quantitative estimate of drug-likeness (QED) is 0.540. The minimum atomic E-state index is -0.953. The largest absolute Gasteiger partial charge is 0.489 e. The van der Waals surface area contributed by atoms with Gasteiger partial charge in [0.05, 0.1) is 0 Å². The number of hydrogen-bond donors (Lipinski definition) is 1. The van der Waals surface area contributed by atoms with E-state index in [2.05, 4.69) is 5.32 Å². The van der Waals surface area contributed by atoms with Gasteiger partial charge in [-0.2, -0.15) is 0 Å². The Labute approximate surface area is 175 Å². The van der Waals surface area contributed by atoms with Crippen LogP contribution in [0.5, 0.6) is 11.5 Å². The van der Waals surface area contributed by atoms with Gasteiger partial charge in [-0.25, -0.2) is 4.79 Å². The van der Waals surface area contributed by atoms with Gasteiger partial charge in [0.2, 0.25) is 0 Å². The molecular weight excluding hydrogens is 382 g/mol. The van der Waals surface area contributed by atoms with Gasteiger partial charge >= 0.3 is 5.97 Å². The van der Waals surface area contributed by atoms with E-state index < -0.39 is 18.0 Å². The highest BCUT2D eigenvalue weighted by atomic mass is 16.6. The zero-order chi connectivity index (χ0) is 21.2. The molecule has 0 bridgehead atoms. The maximum atomic E-state index is 12.3. The first-order valence-electron chi connectivity index (χ1n) is 9.55. The first-order valence-corrected chi connectivity index (χ1v) is 9.55. The molecule has 0 saturated heterocycles. The number of carbonyl (C=O) groups is 2. The third-order valence-electron chi connectivity index (χ3n) is 4.15. The summed E-state index contributed by atoms with van der Waals surface area (Å²) in [6, 6.07) is 25.7. The van der Waals surface area contributed by atoms with E-state index in [1.165, 1.54) is 6.92 Å². The van der Waals surface area contributed by atoms with Gasteiger partial charge in [0.15, 0.2) is 12.7 Å². The number of amides is 1. The number of nitrogens with one attached hydrogen (secondary N) is 1. The highest BCUT2D eigenvalue weighted by Crippen LogP contribution is 2.17. The molecule has 3 aromatic carbocycles. The molecule has 3 aromatic rings. The molecule has 0 aliphatic heterocycles. The molecule has 0 aliphatic carbocycles. The lowest BCUT2D eigenvalue weighted by Crippen LogP contribution is -2.31. The summed E-state index contributed by atoms with van der Waals surface area (Å²) in [5, 5.41) is 2.71. The summed E-state index contributed by atoms with van der Waals surface area (Å²) in [7, 11) is 0. The van der Waals surface area contributed by atoms with Crippen LogP contribution in [-0.4, -0.2) is 24.6 Å². The fourth-order valence-corrected chi connectivity index (χ4v) is 2.56. The molecule has 6 nitrogen and oxygen atoms in total. The molecule has 0 radical (unpaired) electrons. The molecule has 0 aromatic heterocycles. The molecule has 1 amide bonds. The van der Waals surface area contributed by atoms with Crippen LogP contribution in [0.1, 0.15) is 12.5 Å². The van der Waals surface area contributed by atoms with Gasteiger partial charge in [0.1, 0.15) is 18.1 Å². The maximum Gasteiger partial charge on any atom is 0.344 e. The molecule has 0 unspecified atom stereocenters. The Hall–Kier alpha value is -3.80. The zero-order valence-electron chi connectivity index (χ0n) is 16.6. The monoisotopic (exact) mass is 405 g/mol. The van der Waals surface area contributed by atoms with Crippen LogP contribution in [0.4, 0.5) is 5.69 Å². The van der Waals surface area contributed by atoms with E-state index in [-0.39, 0.29) is 6.61 Å². The normalized spacial score (nSPS) is 11.2. The van der Waals surface area contributed by atoms with Crippen molar-refractivity contribution in [3.8, 4) is 11.5 Å². The highest BCUT2D eigenvalue weighted by Gasteiger charge is 2.18. The van der Waals surface area contributed by atoms with Crippen LogP contribution in [0.25, 0.3) is 0 Å². The van der Waals surface area contributed by atoms with Gasteiger partial charge in [-0.05, 0) is 48.9 Å².